The second kappa shape index (κ2) is 13.2. The van der Waals surface area contributed by atoms with Crippen LogP contribution in [0.5, 0.6) is 5.75 Å². The van der Waals surface area contributed by atoms with Gasteiger partial charge in [0.05, 0.1) is 11.5 Å². The van der Waals surface area contributed by atoms with Crippen LogP contribution in [0.3, 0.4) is 0 Å². The highest BCUT2D eigenvalue weighted by molar-refractivity contribution is 7.89. The molecule has 3 atom stereocenters. The Labute approximate surface area is 265 Å². The van der Waals surface area contributed by atoms with Crippen molar-refractivity contribution in [3.63, 3.8) is 0 Å². The van der Waals surface area contributed by atoms with Gasteiger partial charge in [0.25, 0.3) is 5.92 Å². The van der Waals surface area contributed by atoms with Crippen LogP contribution in [0.15, 0.2) is 83.8 Å². The lowest BCUT2D eigenvalue weighted by molar-refractivity contribution is -0.149. The zero-order valence-electron chi connectivity index (χ0n) is 25.7. The predicted octanol–water partition coefficient (Wildman–Crippen LogP) is 7.54. The van der Waals surface area contributed by atoms with Crippen LogP contribution in [0.2, 0.25) is 0 Å². The molecule has 1 amide bonds. The number of benzene rings is 3. The molecule has 3 unspecified atom stereocenters. The van der Waals surface area contributed by atoms with Crippen LogP contribution in [0, 0.1) is 11.8 Å². The number of fused-ring (bicyclic) bond motifs is 2. The van der Waals surface area contributed by atoms with Gasteiger partial charge in [-0.25, -0.2) is 8.42 Å². The van der Waals surface area contributed by atoms with Crippen molar-refractivity contribution in [2.24, 2.45) is 11.8 Å². The van der Waals surface area contributed by atoms with E-state index in [2.05, 4.69) is 11.6 Å². The quantitative estimate of drug-likeness (QED) is 0.250. The van der Waals surface area contributed by atoms with Gasteiger partial charge in [0, 0.05) is 17.6 Å². The van der Waals surface area contributed by atoms with Gasteiger partial charge in [-0.3, -0.25) is 4.79 Å². The lowest BCUT2D eigenvalue weighted by Gasteiger charge is -2.41. The Kier molecular flexibility index (Phi) is 9.29. The minimum atomic E-state index is -4.51. The average molecular weight is 637 g/mol. The van der Waals surface area contributed by atoms with E-state index in [4.69, 9.17) is 4.74 Å². The van der Waals surface area contributed by atoms with E-state index in [1.165, 1.54) is 49.6 Å². The van der Waals surface area contributed by atoms with E-state index in [9.17, 15) is 13.2 Å². The summed E-state index contributed by atoms with van der Waals surface area (Å²) in [5.41, 5.74) is 0.874. The molecule has 1 aliphatic carbocycles. The van der Waals surface area contributed by atoms with E-state index >= 15 is 8.78 Å². The van der Waals surface area contributed by atoms with Crippen LogP contribution in [-0.4, -0.2) is 44.0 Å². The number of sulfonamides is 1. The molecule has 2 bridgehead atoms. The molecule has 1 N–H and O–H groups in total. The maximum absolute atomic E-state index is 16.7. The summed E-state index contributed by atoms with van der Waals surface area (Å²) in [5, 5.41) is 0. The molecule has 1 saturated carbocycles. The number of carbonyl (C=O) groups excluding carboxylic acids is 1. The third-order valence-electron chi connectivity index (χ3n) is 9.80. The SMILES string of the molecule is CC1CC2CCC(C1)N2C(=O)C(NS(=O)(=O)c1ccc(OCC2CCCCC2)cc1)C(F)(F)c1cccc(-c2ccccc2)c1. The largest absolute Gasteiger partial charge is 0.493 e. The fraction of sp³-hybridized carbons (Fsp3) is 0.472. The van der Waals surface area contributed by atoms with Crippen LogP contribution >= 0.6 is 0 Å². The van der Waals surface area contributed by atoms with Crippen molar-refractivity contribution in [3.05, 3.63) is 84.4 Å². The van der Waals surface area contributed by atoms with Gasteiger partial charge in [0.15, 0.2) is 6.04 Å². The molecule has 2 aliphatic heterocycles. The van der Waals surface area contributed by atoms with Crippen LogP contribution in [0.1, 0.15) is 70.3 Å². The van der Waals surface area contributed by atoms with Crippen LogP contribution in [-0.2, 0) is 20.7 Å². The van der Waals surface area contributed by atoms with Gasteiger partial charge in [0.2, 0.25) is 15.9 Å². The first-order valence-corrected chi connectivity index (χ1v) is 17.7. The number of amides is 1. The fourth-order valence-corrected chi connectivity index (χ4v) is 8.64. The summed E-state index contributed by atoms with van der Waals surface area (Å²) in [7, 11) is -4.51. The molecule has 9 heteroatoms. The number of carbonyl (C=O) groups is 1. The van der Waals surface area contributed by atoms with E-state index in [1.54, 1.807) is 23.1 Å². The Morgan fingerprint density at radius 2 is 1.53 bits per heavy atom. The summed E-state index contributed by atoms with van der Waals surface area (Å²) < 4.78 is 68.8. The number of halogens is 2. The van der Waals surface area contributed by atoms with E-state index in [0.717, 1.165) is 44.1 Å². The van der Waals surface area contributed by atoms with E-state index in [0.29, 0.717) is 29.8 Å². The average Bonchev–Trinajstić information content (AvgIpc) is 3.33. The first-order chi connectivity index (χ1) is 21.6. The van der Waals surface area contributed by atoms with Crippen LogP contribution < -0.4 is 9.46 Å². The summed E-state index contributed by atoms with van der Waals surface area (Å²) in [5.74, 6) is -3.33. The zero-order valence-corrected chi connectivity index (χ0v) is 26.5. The zero-order chi connectivity index (χ0) is 31.6. The Balaban J connectivity index is 1.28. The molecule has 2 saturated heterocycles. The number of nitrogens with one attached hydrogen (secondary N) is 1. The molecule has 3 fully saturated rings. The minimum Gasteiger partial charge on any atom is -0.493 e. The number of hydrogen-bond donors (Lipinski definition) is 1. The molecule has 240 valence electrons. The maximum atomic E-state index is 16.7. The highest BCUT2D eigenvalue weighted by Gasteiger charge is 2.53. The van der Waals surface area contributed by atoms with Crippen LogP contribution in [0.4, 0.5) is 8.78 Å². The molecule has 6 rings (SSSR count). The summed E-state index contributed by atoms with van der Waals surface area (Å²) in [6, 6.07) is 18.1. The first-order valence-electron chi connectivity index (χ1n) is 16.2. The van der Waals surface area contributed by atoms with Crippen molar-refractivity contribution in [2.45, 2.75) is 93.7 Å². The van der Waals surface area contributed by atoms with Gasteiger partial charge >= 0.3 is 0 Å². The van der Waals surface area contributed by atoms with Crippen molar-refractivity contribution < 1.29 is 26.7 Å². The molecule has 45 heavy (non-hydrogen) atoms. The van der Waals surface area contributed by atoms with Crippen molar-refractivity contribution in [3.8, 4) is 16.9 Å². The van der Waals surface area contributed by atoms with Gasteiger partial charge in [-0.15, -0.1) is 0 Å². The maximum Gasteiger partial charge on any atom is 0.298 e. The lowest BCUT2D eigenvalue weighted by atomic mass is 9.90. The molecule has 3 aliphatic rings. The predicted molar refractivity (Wildman–Crippen MR) is 170 cm³/mol. The molecule has 2 heterocycles. The topological polar surface area (TPSA) is 75.7 Å². The summed E-state index contributed by atoms with van der Waals surface area (Å²) >= 11 is 0. The third-order valence-corrected chi connectivity index (χ3v) is 11.2. The minimum absolute atomic E-state index is 0.176. The van der Waals surface area contributed by atoms with Crippen molar-refractivity contribution in [1.82, 2.24) is 9.62 Å². The third kappa shape index (κ3) is 6.94. The standard InChI is InChI=1S/C36H42F2N2O4S/c1-25-21-30-15-16-31(22-25)40(30)35(41)34(36(37,38)29-14-8-13-28(23-29)27-11-6-3-7-12-27)39-45(42,43)33-19-17-32(18-20-33)44-24-26-9-4-2-5-10-26/h3,6-8,11-14,17-20,23,25-26,30-31,34,39H,2,4-5,9-10,15-16,21-22,24H2,1H3. The molecule has 6 nitrogen and oxygen atoms in total. The molecule has 0 aromatic heterocycles. The fourth-order valence-electron chi connectivity index (χ4n) is 7.45. The lowest BCUT2D eigenvalue weighted by Crippen LogP contribution is -2.59. The first kappa shape index (κ1) is 31.7. The Bertz CT molecular complexity index is 1560. The molecule has 0 spiro atoms. The molecule has 3 aromatic rings. The highest BCUT2D eigenvalue weighted by atomic mass is 32.2. The van der Waals surface area contributed by atoms with Gasteiger partial charge in [-0.2, -0.15) is 13.5 Å². The summed E-state index contributed by atoms with van der Waals surface area (Å²) in [6.07, 6.45) is 8.77. The molecule has 0 radical (unpaired) electrons. The Morgan fingerprint density at radius 3 is 2.20 bits per heavy atom. The van der Waals surface area contributed by atoms with Gasteiger partial charge in [-0.1, -0.05) is 74.7 Å². The van der Waals surface area contributed by atoms with Crippen LogP contribution in [0.25, 0.3) is 11.1 Å². The Morgan fingerprint density at radius 1 is 0.889 bits per heavy atom. The van der Waals surface area contributed by atoms with E-state index < -0.39 is 33.5 Å². The smallest absolute Gasteiger partial charge is 0.298 e. The normalized spacial score (nSPS) is 23.1. The number of ether oxygens (including phenoxy) is 1. The summed E-state index contributed by atoms with van der Waals surface area (Å²) in [4.78, 5) is 15.5. The number of rotatable bonds is 10. The van der Waals surface area contributed by atoms with Gasteiger partial charge in [0.1, 0.15) is 5.75 Å². The monoisotopic (exact) mass is 636 g/mol. The Hall–Kier alpha value is -3.30. The molecule has 3 aromatic carbocycles. The van der Waals surface area contributed by atoms with E-state index in [-0.39, 0.29) is 17.0 Å². The number of hydrogen-bond acceptors (Lipinski definition) is 4. The van der Waals surface area contributed by atoms with Gasteiger partial charge in [-0.05, 0) is 91.8 Å². The number of nitrogens with zero attached hydrogens (tertiary/aromatic N) is 1. The van der Waals surface area contributed by atoms with Crippen molar-refractivity contribution in [1.29, 1.82) is 0 Å². The summed E-state index contributed by atoms with van der Waals surface area (Å²) in [6.45, 7) is 2.67. The molecular weight excluding hydrogens is 594 g/mol. The second-order valence-corrected chi connectivity index (χ2v) is 14.8. The van der Waals surface area contributed by atoms with E-state index in [1.807, 2.05) is 30.3 Å². The van der Waals surface area contributed by atoms with Crippen molar-refractivity contribution >= 4 is 15.9 Å². The second-order valence-electron chi connectivity index (χ2n) is 13.1. The number of piperidine rings is 1. The van der Waals surface area contributed by atoms with Gasteiger partial charge < -0.3 is 9.64 Å². The molecular formula is C36H42F2N2O4S. The highest BCUT2D eigenvalue weighted by Crippen LogP contribution is 2.42. The number of alkyl halides is 2. The van der Waals surface area contributed by atoms with Crippen molar-refractivity contribution in [2.75, 3.05) is 6.61 Å².